The Morgan fingerprint density at radius 1 is 1.28 bits per heavy atom. The van der Waals surface area contributed by atoms with E-state index in [1.807, 2.05) is 24.3 Å². The molecule has 0 amide bonds. The van der Waals surface area contributed by atoms with Crippen molar-refractivity contribution in [1.29, 1.82) is 0 Å². The van der Waals surface area contributed by atoms with Crippen LogP contribution in [-0.4, -0.2) is 11.2 Å². The lowest BCUT2D eigenvalue weighted by atomic mass is 9.75. The molecule has 0 radical (unpaired) electrons. The molecule has 1 aromatic carbocycles. The Morgan fingerprint density at radius 3 is 2.44 bits per heavy atom. The number of aliphatic hydroxyl groups excluding tert-OH is 1. The van der Waals surface area contributed by atoms with Crippen molar-refractivity contribution >= 4 is 23.2 Å². The van der Waals surface area contributed by atoms with E-state index in [-0.39, 0.29) is 11.5 Å². The van der Waals surface area contributed by atoms with Gasteiger partial charge in [0, 0.05) is 10.0 Å². The van der Waals surface area contributed by atoms with Crippen molar-refractivity contribution in [2.45, 2.75) is 39.2 Å². The highest BCUT2D eigenvalue weighted by Crippen LogP contribution is 2.38. The Kier molecular flexibility index (Phi) is 4.05. The van der Waals surface area contributed by atoms with Gasteiger partial charge in [-0.05, 0) is 42.4 Å². The molecule has 1 nitrogen and oxygen atoms in total. The molecule has 0 spiro atoms. The maximum Gasteiger partial charge on any atom is 0.0728 e. The van der Waals surface area contributed by atoms with Gasteiger partial charge in [-0.1, -0.05) is 54.8 Å². The van der Waals surface area contributed by atoms with E-state index in [1.165, 1.54) is 5.57 Å². The van der Waals surface area contributed by atoms with E-state index in [2.05, 4.69) is 13.8 Å². The number of allylic oxidation sites excluding steroid dienone is 1. The van der Waals surface area contributed by atoms with Crippen LogP contribution in [0.1, 0.15) is 32.3 Å². The normalized spacial score (nSPS) is 22.7. The van der Waals surface area contributed by atoms with Crippen molar-refractivity contribution in [2.75, 3.05) is 0 Å². The van der Waals surface area contributed by atoms with Crippen LogP contribution in [0.4, 0.5) is 0 Å². The number of hydrogen-bond donors (Lipinski definition) is 1. The van der Waals surface area contributed by atoms with Crippen molar-refractivity contribution in [3.05, 3.63) is 45.5 Å². The van der Waals surface area contributed by atoms with Crippen molar-refractivity contribution in [3.8, 4) is 0 Å². The van der Waals surface area contributed by atoms with E-state index in [4.69, 9.17) is 23.2 Å². The molecule has 1 unspecified atom stereocenters. The Bertz CT molecular complexity index is 457. The molecule has 0 bridgehead atoms. The van der Waals surface area contributed by atoms with Crippen molar-refractivity contribution in [1.82, 2.24) is 0 Å². The van der Waals surface area contributed by atoms with Crippen LogP contribution in [0.5, 0.6) is 0 Å². The highest BCUT2D eigenvalue weighted by atomic mass is 35.5. The average Bonchev–Trinajstić information content (AvgIpc) is 2.21. The van der Waals surface area contributed by atoms with Crippen LogP contribution in [0.15, 0.2) is 29.8 Å². The summed E-state index contributed by atoms with van der Waals surface area (Å²) in [6.07, 6.45) is 4.10. The van der Waals surface area contributed by atoms with Crippen molar-refractivity contribution in [2.24, 2.45) is 5.41 Å². The lowest BCUT2D eigenvalue weighted by Gasteiger charge is -2.32. The van der Waals surface area contributed by atoms with Gasteiger partial charge in [-0.25, -0.2) is 0 Å². The number of aliphatic hydroxyl groups is 1. The quantitative estimate of drug-likeness (QED) is 0.785. The molecule has 2 rings (SSSR count). The van der Waals surface area contributed by atoms with E-state index in [1.54, 1.807) is 0 Å². The van der Waals surface area contributed by atoms with Gasteiger partial charge in [0.2, 0.25) is 0 Å². The molecule has 0 aliphatic heterocycles. The molecule has 98 valence electrons. The SMILES string of the molecule is CC1(C)CC(Cc2c(Cl)cccc2Cl)=CC(O)C1. The molecule has 1 aromatic rings. The third-order valence-electron chi connectivity index (χ3n) is 3.36. The maximum atomic E-state index is 9.89. The fourth-order valence-electron chi connectivity index (χ4n) is 2.69. The van der Waals surface area contributed by atoms with E-state index < -0.39 is 0 Å². The van der Waals surface area contributed by atoms with Gasteiger partial charge in [-0.2, -0.15) is 0 Å². The third kappa shape index (κ3) is 3.28. The van der Waals surface area contributed by atoms with Crippen LogP contribution in [0.3, 0.4) is 0 Å². The van der Waals surface area contributed by atoms with Crippen LogP contribution in [0.2, 0.25) is 10.0 Å². The van der Waals surface area contributed by atoms with Crippen LogP contribution >= 0.6 is 23.2 Å². The Hall–Kier alpha value is -0.500. The largest absolute Gasteiger partial charge is 0.389 e. The van der Waals surface area contributed by atoms with Crippen LogP contribution in [0, 0.1) is 5.41 Å². The smallest absolute Gasteiger partial charge is 0.0728 e. The van der Waals surface area contributed by atoms with Crippen LogP contribution in [-0.2, 0) is 6.42 Å². The molecule has 1 aliphatic carbocycles. The predicted molar refractivity (Wildman–Crippen MR) is 77.3 cm³/mol. The fraction of sp³-hybridized carbons (Fsp3) is 0.467. The molecule has 0 fully saturated rings. The lowest BCUT2D eigenvalue weighted by molar-refractivity contribution is 0.138. The topological polar surface area (TPSA) is 20.2 Å². The first-order chi connectivity index (χ1) is 8.37. The second-order valence-electron chi connectivity index (χ2n) is 5.81. The summed E-state index contributed by atoms with van der Waals surface area (Å²) in [6.45, 7) is 4.36. The standard InChI is InChI=1S/C15H18Cl2O/c1-15(2)8-10(6-11(18)9-15)7-12-13(16)4-3-5-14(12)17/h3-6,11,18H,7-9H2,1-2H3. The zero-order chi connectivity index (χ0) is 13.3. The number of rotatable bonds is 2. The highest BCUT2D eigenvalue weighted by molar-refractivity contribution is 6.36. The molecule has 0 saturated heterocycles. The summed E-state index contributed by atoms with van der Waals surface area (Å²) in [7, 11) is 0. The summed E-state index contributed by atoms with van der Waals surface area (Å²) in [5, 5.41) is 11.3. The van der Waals surface area contributed by atoms with E-state index >= 15 is 0 Å². The monoisotopic (exact) mass is 284 g/mol. The van der Waals surface area contributed by atoms with Crippen molar-refractivity contribution < 1.29 is 5.11 Å². The molecule has 1 N–H and O–H groups in total. The summed E-state index contributed by atoms with van der Waals surface area (Å²) in [5.41, 5.74) is 2.31. The molecule has 1 aliphatic rings. The van der Waals surface area contributed by atoms with Crippen LogP contribution < -0.4 is 0 Å². The van der Waals surface area contributed by atoms with E-state index in [0.717, 1.165) is 24.8 Å². The van der Waals surface area contributed by atoms with Gasteiger partial charge in [0.1, 0.15) is 0 Å². The molecular weight excluding hydrogens is 267 g/mol. The van der Waals surface area contributed by atoms with Gasteiger partial charge in [0.15, 0.2) is 0 Å². The number of benzene rings is 1. The Morgan fingerprint density at radius 2 is 1.89 bits per heavy atom. The van der Waals surface area contributed by atoms with Crippen LogP contribution in [0.25, 0.3) is 0 Å². The van der Waals surface area contributed by atoms with E-state index in [0.29, 0.717) is 10.0 Å². The first-order valence-corrected chi connectivity index (χ1v) is 6.93. The summed E-state index contributed by atoms with van der Waals surface area (Å²) >= 11 is 12.4. The Labute approximate surface area is 118 Å². The summed E-state index contributed by atoms with van der Waals surface area (Å²) in [4.78, 5) is 0. The van der Waals surface area contributed by atoms with Gasteiger partial charge >= 0.3 is 0 Å². The average molecular weight is 285 g/mol. The van der Waals surface area contributed by atoms with Gasteiger partial charge in [0.05, 0.1) is 6.10 Å². The molecular formula is C15H18Cl2O. The minimum Gasteiger partial charge on any atom is -0.389 e. The predicted octanol–water partition coefficient (Wildman–Crippen LogP) is 4.64. The lowest BCUT2D eigenvalue weighted by Crippen LogP contribution is -2.25. The molecule has 3 heteroatoms. The zero-order valence-corrected chi connectivity index (χ0v) is 12.2. The molecule has 0 saturated carbocycles. The van der Waals surface area contributed by atoms with Crippen molar-refractivity contribution in [3.63, 3.8) is 0 Å². The van der Waals surface area contributed by atoms with Gasteiger partial charge in [-0.15, -0.1) is 0 Å². The van der Waals surface area contributed by atoms with Gasteiger partial charge < -0.3 is 5.11 Å². The second kappa shape index (κ2) is 5.24. The Balaban J connectivity index is 2.24. The third-order valence-corrected chi connectivity index (χ3v) is 4.07. The summed E-state index contributed by atoms with van der Waals surface area (Å²) < 4.78 is 0. The van der Waals surface area contributed by atoms with E-state index in [9.17, 15) is 5.11 Å². The van der Waals surface area contributed by atoms with Gasteiger partial charge in [-0.3, -0.25) is 0 Å². The minimum atomic E-state index is -0.356. The summed E-state index contributed by atoms with van der Waals surface area (Å²) in [6, 6.07) is 5.56. The summed E-state index contributed by atoms with van der Waals surface area (Å²) in [5.74, 6) is 0. The first-order valence-electron chi connectivity index (χ1n) is 6.18. The zero-order valence-electron chi connectivity index (χ0n) is 10.7. The molecule has 0 aromatic heterocycles. The fourth-order valence-corrected chi connectivity index (χ4v) is 3.22. The first kappa shape index (κ1) is 13.9. The minimum absolute atomic E-state index is 0.136. The van der Waals surface area contributed by atoms with Gasteiger partial charge in [0.25, 0.3) is 0 Å². The second-order valence-corrected chi connectivity index (χ2v) is 6.63. The molecule has 18 heavy (non-hydrogen) atoms. The molecule has 1 atom stereocenters. The maximum absolute atomic E-state index is 9.89. The number of halogens is 2. The number of hydrogen-bond acceptors (Lipinski definition) is 1. The molecule has 0 heterocycles. The highest BCUT2D eigenvalue weighted by Gasteiger charge is 2.28.